The van der Waals surface area contributed by atoms with Crippen molar-refractivity contribution in [2.75, 3.05) is 68.1 Å². The van der Waals surface area contributed by atoms with Gasteiger partial charge in [-0.05, 0) is 5.56 Å². The summed E-state index contributed by atoms with van der Waals surface area (Å²) >= 11 is 0. The summed E-state index contributed by atoms with van der Waals surface area (Å²) in [5.74, 6) is 2.38. The Kier molecular flexibility index (Phi) is 7.91. The molecule has 208 valence electrons. The smallest absolute Gasteiger partial charge is 0.232 e. The molecule has 6 rings (SSSR count). The van der Waals surface area contributed by atoms with Crippen LogP contribution in [-0.4, -0.2) is 93.8 Å². The predicted molar refractivity (Wildman–Crippen MR) is 150 cm³/mol. The van der Waals surface area contributed by atoms with Crippen molar-refractivity contribution in [1.82, 2.24) is 40.0 Å². The molecule has 2 aliphatic rings. The fourth-order valence-corrected chi connectivity index (χ4v) is 4.86. The first-order valence-corrected chi connectivity index (χ1v) is 13.5. The van der Waals surface area contributed by atoms with Crippen LogP contribution in [0.4, 0.5) is 23.5 Å². The summed E-state index contributed by atoms with van der Waals surface area (Å²) in [7, 11) is 1.65. The van der Waals surface area contributed by atoms with Crippen molar-refractivity contribution >= 4 is 23.5 Å². The van der Waals surface area contributed by atoms with Crippen LogP contribution < -0.4 is 25.2 Å². The lowest BCUT2D eigenvalue weighted by atomic mass is 10.1. The van der Waals surface area contributed by atoms with Gasteiger partial charge in [-0.1, -0.05) is 30.3 Å². The third kappa shape index (κ3) is 6.26. The lowest BCUT2D eigenvalue weighted by Gasteiger charge is -2.34. The average molecular weight is 544 g/mol. The van der Waals surface area contributed by atoms with E-state index < -0.39 is 0 Å². The fourth-order valence-electron chi connectivity index (χ4n) is 4.86. The maximum absolute atomic E-state index is 5.77. The van der Waals surface area contributed by atoms with Crippen molar-refractivity contribution in [2.24, 2.45) is 0 Å². The highest BCUT2D eigenvalue weighted by Crippen LogP contribution is 2.23. The van der Waals surface area contributed by atoms with Gasteiger partial charge in [-0.3, -0.25) is 4.68 Å². The van der Waals surface area contributed by atoms with Gasteiger partial charge in [0.1, 0.15) is 6.33 Å². The van der Waals surface area contributed by atoms with Gasteiger partial charge in [0.2, 0.25) is 23.7 Å². The SMILES string of the molecule is COc1nc(N2CCN(c3ncnc(Nc4cnn(CC5CNCCO5)c4)n3)CC2)ncc1Cc1ccccc1. The Labute approximate surface area is 232 Å². The monoisotopic (exact) mass is 543 g/mol. The van der Waals surface area contributed by atoms with Crippen LogP contribution in [0.25, 0.3) is 0 Å². The number of rotatable bonds is 9. The summed E-state index contributed by atoms with van der Waals surface area (Å²) in [5, 5.41) is 11.0. The van der Waals surface area contributed by atoms with Gasteiger partial charge < -0.3 is 29.9 Å². The van der Waals surface area contributed by atoms with Gasteiger partial charge in [-0.2, -0.15) is 15.1 Å². The Balaban J connectivity index is 1.05. The lowest BCUT2D eigenvalue weighted by molar-refractivity contribution is 0.0161. The topological polar surface area (TPSA) is 131 Å². The summed E-state index contributed by atoms with van der Waals surface area (Å²) < 4.78 is 13.2. The molecule has 2 N–H and O–H groups in total. The number of nitrogens with one attached hydrogen (secondary N) is 2. The number of piperazine rings is 1. The molecule has 1 unspecified atom stereocenters. The Morgan fingerprint density at radius 3 is 2.55 bits per heavy atom. The minimum absolute atomic E-state index is 0.114. The van der Waals surface area contributed by atoms with Crippen LogP contribution in [-0.2, 0) is 17.7 Å². The van der Waals surface area contributed by atoms with Crippen molar-refractivity contribution in [1.29, 1.82) is 0 Å². The molecule has 0 saturated carbocycles. The summed E-state index contributed by atoms with van der Waals surface area (Å²) in [6.07, 6.45) is 7.93. The van der Waals surface area contributed by atoms with Crippen LogP contribution in [0.15, 0.2) is 55.2 Å². The molecule has 13 heteroatoms. The Morgan fingerprint density at radius 2 is 1.80 bits per heavy atom. The number of hydrogen-bond donors (Lipinski definition) is 2. The van der Waals surface area contributed by atoms with E-state index in [1.807, 2.05) is 35.3 Å². The van der Waals surface area contributed by atoms with Crippen molar-refractivity contribution in [2.45, 2.75) is 19.1 Å². The number of ether oxygens (including phenoxy) is 2. The van der Waals surface area contributed by atoms with E-state index in [2.05, 4.69) is 57.6 Å². The van der Waals surface area contributed by atoms with E-state index >= 15 is 0 Å². The van der Waals surface area contributed by atoms with Crippen molar-refractivity contribution in [3.05, 3.63) is 66.4 Å². The Hall–Kier alpha value is -4.36. The maximum Gasteiger partial charge on any atom is 0.232 e. The van der Waals surface area contributed by atoms with Crippen molar-refractivity contribution in [3.8, 4) is 5.88 Å². The zero-order valence-electron chi connectivity index (χ0n) is 22.5. The van der Waals surface area contributed by atoms with Gasteiger partial charge in [-0.15, -0.1) is 0 Å². The van der Waals surface area contributed by atoms with Crippen LogP contribution >= 0.6 is 0 Å². The molecular weight excluding hydrogens is 510 g/mol. The van der Waals surface area contributed by atoms with Gasteiger partial charge in [0.25, 0.3) is 0 Å². The highest BCUT2D eigenvalue weighted by molar-refractivity contribution is 5.52. The minimum atomic E-state index is 0.114. The molecule has 0 radical (unpaired) electrons. The van der Waals surface area contributed by atoms with E-state index in [0.29, 0.717) is 30.3 Å². The molecule has 3 aromatic heterocycles. The zero-order chi connectivity index (χ0) is 27.1. The third-order valence-electron chi connectivity index (χ3n) is 6.93. The van der Waals surface area contributed by atoms with Gasteiger partial charge in [-0.25, -0.2) is 15.0 Å². The number of benzene rings is 1. The van der Waals surface area contributed by atoms with Crippen LogP contribution in [0.5, 0.6) is 5.88 Å². The second-order valence-corrected chi connectivity index (χ2v) is 9.72. The molecule has 2 aliphatic heterocycles. The van der Waals surface area contributed by atoms with Crippen LogP contribution in [0, 0.1) is 0 Å². The number of hydrogen-bond acceptors (Lipinski definition) is 12. The third-order valence-corrected chi connectivity index (χ3v) is 6.93. The van der Waals surface area contributed by atoms with Gasteiger partial charge in [0, 0.05) is 63.6 Å². The van der Waals surface area contributed by atoms with E-state index in [1.165, 1.54) is 11.9 Å². The molecule has 5 heterocycles. The van der Waals surface area contributed by atoms with Crippen molar-refractivity contribution < 1.29 is 9.47 Å². The molecule has 13 nitrogen and oxygen atoms in total. The van der Waals surface area contributed by atoms with E-state index in [0.717, 1.165) is 63.5 Å². The fraction of sp³-hybridized carbons (Fsp3) is 0.407. The van der Waals surface area contributed by atoms with Crippen LogP contribution in [0.1, 0.15) is 11.1 Å². The summed E-state index contributed by atoms with van der Waals surface area (Å²) in [5.41, 5.74) is 2.97. The minimum Gasteiger partial charge on any atom is -0.481 e. The number of nitrogens with zero attached hydrogens (tertiary/aromatic N) is 9. The largest absolute Gasteiger partial charge is 0.481 e. The standard InChI is InChI=1S/C27H33N11O2/c1-39-24-21(13-20-5-3-2-4-6-20)14-29-26(34-24)36-8-10-37(11-9-36)27-31-19-30-25(35-27)33-22-15-32-38(17-22)18-23-16-28-7-12-40-23/h2-6,14-15,17,19,23,28H,7-13,16,18H2,1H3,(H,30,31,33,35). The number of morpholine rings is 1. The van der Waals surface area contributed by atoms with E-state index in [1.54, 1.807) is 13.3 Å². The molecule has 4 aromatic rings. The highest BCUT2D eigenvalue weighted by Gasteiger charge is 2.23. The molecule has 0 bridgehead atoms. The zero-order valence-corrected chi connectivity index (χ0v) is 22.5. The number of aromatic nitrogens is 7. The summed E-state index contributed by atoms with van der Waals surface area (Å²) in [4.78, 5) is 27.0. The second kappa shape index (κ2) is 12.2. The Bertz CT molecular complexity index is 1390. The summed E-state index contributed by atoms with van der Waals surface area (Å²) in [6.45, 7) is 6.06. The maximum atomic E-state index is 5.77. The molecule has 40 heavy (non-hydrogen) atoms. The first kappa shape index (κ1) is 25.9. The second-order valence-electron chi connectivity index (χ2n) is 9.72. The molecule has 1 atom stereocenters. The number of anilines is 4. The van der Waals surface area contributed by atoms with Crippen LogP contribution in [0.3, 0.4) is 0 Å². The van der Waals surface area contributed by atoms with E-state index in [-0.39, 0.29) is 6.10 Å². The Morgan fingerprint density at radius 1 is 1.00 bits per heavy atom. The van der Waals surface area contributed by atoms with Gasteiger partial charge >= 0.3 is 0 Å². The van der Waals surface area contributed by atoms with Crippen LogP contribution in [0.2, 0.25) is 0 Å². The molecular formula is C27H33N11O2. The molecule has 0 aliphatic carbocycles. The highest BCUT2D eigenvalue weighted by atomic mass is 16.5. The molecule has 0 amide bonds. The lowest BCUT2D eigenvalue weighted by Crippen LogP contribution is -2.47. The molecule has 0 spiro atoms. The normalized spacial score (nSPS) is 17.6. The van der Waals surface area contributed by atoms with Gasteiger partial charge in [0.05, 0.1) is 38.2 Å². The average Bonchev–Trinajstić information content (AvgIpc) is 3.45. The number of methoxy groups -OCH3 is 1. The van der Waals surface area contributed by atoms with Gasteiger partial charge in [0.15, 0.2) is 0 Å². The molecule has 1 aromatic carbocycles. The predicted octanol–water partition coefficient (Wildman–Crippen LogP) is 1.52. The van der Waals surface area contributed by atoms with Crippen molar-refractivity contribution in [3.63, 3.8) is 0 Å². The summed E-state index contributed by atoms with van der Waals surface area (Å²) in [6, 6.07) is 10.3. The first-order chi connectivity index (χ1) is 19.7. The van der Waals surface area contributed by atoms with E-state index in [4.69, 9.17) is 14.5 Å². The quantitative estimate of drug-likeness (QED) is 0.317. The molecule has 2 saturated heterocycles. The van der Waals surface area contributed by atoms with E-state index in [9.17, 15) is 0 Å². The first-order valence-electron chi connectivity index (χ1n) is 13.5. The molecule has 2 fully saturated rings.